The van der Waals surface area contributed by atoms with E-state index in [-0.39, 0.29) is 18.1 Å². The van der Waals surface area contributed by atoms with Crippen molar-refractivity contribution in [2.45, 2.75) is 26.9 Å². The van der Waals surface area contributed by atoms with Crippen molar-refractivity contribution in [3.05, 3.63) is 81.7 Å². The Kier molecular flexibility index (Phi) is 5.54. The minimum Gasteiger partial charge on any atom is -0.340 e. The molecule has 0 aliphatic heterocycles. The van der Waals surface area contributed by atoms with E-state index < -0.39 is 4.92 Å². The predicted molar refractivity (Wildman–Crippen MR) is 107 cm³/mol. The van der Waals surface area contributed by atoms with Gasteiger partial charge in [-0.15, -0.1) is 0 Å². The Morgan fingerprint density at radius 3 is 2.25 bits per heavy atom. The maximum absolute atomic E-state index is 12.5. The molecule has 3 rings (SSSR count). The van der Waals surface area contributed by atoms with Gasteiger partial charge in [-0.3, -0.25) is 19.6 Å². The Hall–Kier alpha value is -3.48. The first-order chi connectivity index (χ1) is 13.4. The zero-order chi connectivity index (χ0) is 20.3. The lowest BCUT2D eigenvalue weighted by atomic mass is 10.0. The molecule has 0 fully saturated rings. The van der Waals surface area contributed by atoms with Crippen molar-refractivity contribution < 1.29 is 9.72 Å². The molecule has 144 valence electrons. The molecular weight excluding hydrogens is 356 g/mol. The van der Waals surface area contributed by atoms with Crippen LogP contribution in [0, 0.1) is 24.0 Å². The standard InChI is InChI=1S/C21H22N4O3/c1-15-21(25(27)28)16(2)24(22-15)14-20(26)23(3)13-17-9-11-19(12-10-17)18-7-5-4-6-8-18/h4-12H,13-14H2,1-3H3. The van der Waals surface area contributed by atoms with E-state index in [2.05, 4.69) is 17.2 Å². The molecule has 1 aromatic heterocycles. The Balaban J connectivity index is 1.66. The second-order valence-corrected chi connectivity index (χ2v) is 6.75. The van der Waals surface area contributed by atoms with Crippen LogP contribution in [0.4, 0.5) is 5.69 Å². The van der Waals surface area contributed by atoms with Gasteiger partial charge >= 0.3 is 5.69 Å². The van der Waals surface area contributed by atoms with Crippen molar-refractivity contribution in [1.29, 1.82) is 0 Å². The largest absolute Gasteiger partial charge is 0.340 e. The lowest BCUT2D eigenvalue weighted by Crippen LogP contribution is -2.30. The number of nitro groups is 1. The summed E-state index contributed by atoms with van der Waals surface area (Å²) in [5.74, 6) is -0.160. The first-order valence-corrected chi connectivity index (χ1v) is 8.93. The number of aryl methyl sites for hydroxylation is 1. The molecule has 1 heterocycles. The van der Waals surface area contributed by atoms with Gasteiger partial charge in [-0.05, 0) is 30.5 Å². The molecule has 7 nitrogen and oxygen atoms in total. The fraction of sp³-hybridized carbons (Fsp3) is 0.238. The zero-order valence-electron chi connectivity index (χ0n) is 16.1. The molecule has 0 unspecified atom stereocenters. The van der Waals surface area contributed by atoms with Crippen molar-refractivity contribution in [3.8, 4) is 11.1 Å². The topological polar surface area (TPSA) is 81.3 Å². The first-order valence-electron chi connectivity index (χ1n) is 8.93. The molecule has 0 radical (unpaired) electrons. The van der Waals surface area contributed by atoms with E-state index in [1.54, 1.807) is 25.8 Å². The second kappa shape index (κ2) is 8.04. The van der Waals surface area contributed by atoms with Gasteiger partial charge in [0.05, 0.1) is 4.92 Å². The molecule has 0 aliphatic rings. The normalized spacial score (nSPS) is 10.7. The third kappa shape index (κ3) is 4.09. The van der Waals surface area contributed by atoms with Gasteiger partial charge in [-0.25, -0.2) is 0 Å². The second-order valence-electron chi connectivity index (χ2n) is 6.75. The summed E-state index contributed by atoms with van der Waals surface area (Å²) in [4.78, 5) is 24.8. The van der Waals surface area contributed by atoms with E-state index in [9.17, 15) is 14.9 Å². The van der Waals surface area contributed by atoms with Crippen LogP contribution in [0.5, 0.6) is 0 Å². The van der Waals surface area contributed by atoms with Gasteiger partial charge in [0.2, 0.25) is 5.91 Å². The number of hydrogen-bond donors (Lipinski definition) is 0. The van der Waals surface area contributed by atoms with Crippen molar-refractivity contribution in [3.63, 3.8) is 0 Å². The molecule has 2 aromatic carbocycles. The monoisotopic (exact) mass is 378 g/mol. The smallest absolute Gasteiger partial charge is 0.312 e. The van der Waals surface area contributed by atoms with Gasteiger partial charge in [0.15, 0.2) is 0 Å². The molecule has 0 atom stereocenters. The average molecular weight is 378 g/mol. The average Bonchev–Trinajstić information content (AvgIpc) is 2.96. The van der Waals surface area contributed by atoms with Crippen LogP contribution in [-0.4, -0.2) is 32.6 Å². The number of nitrogens with zero attached hydrogens (tertiary/aromatic N) is 4. The van der Waals surface area contributed by atoms with Crippen LogP contribution < -0.4 is 0 Å². The van der Waals surface area contributed by atoms with Crippen molar-refractivity contribution in [2.24, 2.45) is 0 Å². The highest BCUT2D eigenvalue weighted by Crippen LogP contribution is 2.22. The minimum absolute atomic E-state index is 0.0287. The van der Waals surface area contributed by atoms with Gasteiger partial charge in [0.25, 0.3) is 0 Å². The summed E-state index contributed by atoms with van der Waals surface area (Å²) in [6.45, 7) is 3.60. The van der Waals surface area contributed by atoms with Gasteiger partial charge in [-0.2, -0.15) is 5.10 Å². The minimum atomic E-state index is -0.462. The number of aromatic nitrogens is 2. The third-order valence-electron chi connectivity index (χ3n) is 4.72. The van der Waals surface area contributed by atoms with Crippen LogP contribution in [0.1, 0.15) is 17.0 Å². The van der Waals surface area contributed by atoms with Gasteiger partial charge < -0.3 is 4.90 Å². The highest BCUT2D eigenvalue weighted by molar-refractivity contribution is 5.76. The number of hydrogen-bond acceptors (Lipinski definition) is 4. The Morgan fingerprint density at radius 1 is 1.07 bits per heavy atom. The molecule has 1 amide bonds. The molecule has 0 spiro atoms. The van der Waals surface area contributed by atoms with Crippen molar-refractivity contribution in [1.82, 2.24) is 14.7 Å². The summed E-state index contributed by atoms with van der Waals surface area (Å²) in [7, 11) is 1.72. The molecule has 28 heavy (non-hydrogen) atoms. The van der Waals surface area contributed by atoms with Crippen LogP contribution in [-0.2, 0) is 17.9 Å². The van der Waals surface area contributed by atoms with E-state index in [1.165, 1.54) is 4.68 Å². The number of benzene rings is 2. The van der Waals surface area contributed by atoms with Crippen LogP contribution in [0.25, 0.3) is 11.1 Å². The highest BCUT2D eigenvalue weighted by Gasteiger charge is 2.23. The number of rotatable bonds is 6. The lowest BCUT2D eigenvalue weighted by molar-refractivity contribution is -0.386. The van der Waals surface area contributed by atoms with Crippen LogP contribution in [0.2, 0.25) is 0 Å². The molecule has 0 aliphatic carbocycles. The van der Waals surface area contributed by atoms with E-state index in [4.69, 9.17) is 0 Å². The molecule has 0 N–H and O–H groups in total. The van der Waals surface area contributed by atoms with Crippen LogP contribution >= 0.6 is 0 Å². The summed E-state index contributed by atoms with van der Waals surface area (Å²) in [5.41, 5.74) is 3.94. The first kappa shape index (κ1) is 19.3. The quantitative estimate of drug-likeness (QED) is 0.483. The Bertz CT molecular complexity index is 994. The fourth-order valence-electron chi connectivity index (χ4n) is 3.15. The summed E-state index contributed by atoms with van der Waals surface area (Å²) < 4.78 is 1.39. The predicted octanol–water partition coefficient (Wildman–Crippen LogP) is 3.73. The van der Waals surface area contributed by atoms with E-state index in [0.717, 1.165) is 16.7 Å². The highest BCUT2D eigenvalue weighted by atomic mass is 16.6. The third-order valence-corrected chi connectivity index (χ3v) is 4.72. The summed E-state index contributed by atoms with van der Waals surface area (Å²) in [6.07, 6.45) is 0. The number of carbonyl (C=O) groups is 1. The lowest BCUT2D eigenvalue weighted by Gasteiger charge is -2.18. The molecule has 3 aromatic rings. The maximum Gasteiger partial charge on any atom is 0.312 e. The van der Waals surface area contributed by atoms with Gasteiger partial charge in [-0.1, -0.05) is 54.6 Å². The zero-order valence-corrected chi connectivity index (χ0v) is 16.1. The summed E-state index contributed by atoms with van der Waals surface area (Å²) in [6, 6.07) is 18.2. The molecular formula is C21H22N4O3. The number of carbonyl (C=O) groups excluding carboxylic acids is 1. The summed E-state index contributed by atoms with van der Waals surface area (Å²) >= 11 is 0. The van der Waals surface area contributed by atoms with Gasteiger partial charge in [0.1, 0.15) is 17.9 Å². The molecule has 0 saturated carbocycles. The van der Waals surface area contributed by atoms with Crippen LogP contribution in [0.3, 0.4) is 0 Å². The van der Waals surface area contributed by atoms with Crippen molar-refractivity contribution in [2.75, 3.05) is 7.05 Å². The fourth-order valence-corrected chi connectivity index (χ4v) is 3.15. The van der Waals surface area contributed by atoms with Gasteiger partial charge in [0, 0.05) is 13.6 Å². The van der Waals surface area contributed by atoms with E-state index in [1.807, 2.05) is 42.5 Å². The number of amides is 1. The summed E-state index contributed by atoms with van der Waals surface area (Å²) in [5, 5.41) is 15.2. The maximum atomic E-state index is 12.5. The van der Waals surface area contributed by atoms with Crippen molar-refractivity contribution >= 4 is 11.6 Å². The van der Waals surface area contributed by atoms with E-state index in [0.29, 0.717) is 17.9 Å². The SMILES string of the molecule is Cc1nn(CC(=O)N(C)Cc2ccc(-c3ccccc3)cc2)c(C)c1[N+](=O)[O-]. The molecule has 7 heteroatoms. The number of likely N-dealkylation sites (N-methyl/N-ethyl adjacent to an activating group) is 1. The van der Waals surface area contributed by atoms with E-state index >= 15 is 0 Å². The Morgan fingerprint density at radius 2 is 1.68 bits per heavy atom. The molecule has 0 bridgehead atoms. The van der Waals surface area contributed by atoms with Crippen LogP contribution in [0.15, 0.2) is 54.6 Å². The molecule has 0 saturated heterocycles. The Labute approximate surface area is 163 Å².